The Balaban J connectivity index is 2.39. The Morgan fingerprint density at radius 2 is 2.13 bits per heavy atom. The lowest BCUT2D eigenvalue weighted by Gasteiger charge is -2.16. The van der Waals surface area contributed by atoms with E-state index in [9.17, 15) is 0 Å². The van der Waals surface area contributed by atoms with E-state index in [4.69, 9.17) is 4.42 Å². The first kappa shape index (κ1) is 12.3. The minimum Gasteiger partial charge on any atom is -0.472 e. The molecule has 2 nitrogen and oxygen atoms in total. The van der Waals surface area contributed by atoms with E-state index in [1.807, 2.05) is 6.26 Å². The quantitative estimate of drug-likeness (QED) is 0.657. The third-order valence-electron chi connectivity index (χ3n) is 2.68. The maximum Gasteiger partial charge on any atom is 0.0950 e. The van der Waals surface area contributed by atoms with Gasteiger partial charge in [0.25, 0.3) is 0 Å². The van der Waals surface area contributed by atoms with Crippen LogP contribution in [0.1, 0.15) is 57.6 Å². The van der Waals surface area contributed by atoms with Gasteiger partial charge in [-0.05, 0) is 25.5 Å². The molecule has 1 aromatic heterocycles. The summed E-state index contributed by atoms with van der Waals surface area (Å²) in [5.74, 6) is 0. The summed E-state index contributed by atoms with van der Waals surface area (Å²) in [6.45, 7) is 5.53. The van der Waals surface area contributed by atoms with Crippen LogP contribution >= 0.6 is 0 Å². The van der Waals surface area contributed by atoms with Crippen molar-refractivity contribution < 1.29 is 4.42 Å². The van der Waals surface area contributed by atoms with Crippen molar-refractivity contribution in [1.82, 2.24) is 5.32 Å². The molecular weight excluding hydrogens is 186 g/mol. The standard InChI is InChI=1S/C13H23NO/c1-3-5-6-7-13(14-9-4-2)12-8-10-15-11-12/h8,10-11,13-14H,3-7,9H2,1-2H3. The fourth-order valence-electron chi connectivity index (χ4n) is 1.78. The minimum absolute atomic E-state index is 0.482. The third-order valence-corrected chi connectivity index (χ3v) is 2.68. The van der Waals surface area contributed by atoms with Crippen molar-refractivity contribution in [2.75, 3.05) is 6.54 Å². The molecule has 0 spiro atoms. The van der Waals surface area contributed by atoms with Crippen LogP contribution in [-0.4, -0.2) is 6.54 Å². The molecule has 1 heterocycles. The summed E-state index contributed by atoms with van der Waals surface area (Å²) >= 11 is 0. The smallest absolute Gasteiger partial charge is 0.0950 e. The lowest BCUT2D eigenvalue weighted by Crippen LogP contribution is -2.21. The Labute approximate surface area is 93.1 Å². The molecule has 0 aliphatic heterocycles. The zero-order valence-electron chi connectivity index (χ0n) is 9.96. The van der Waals surface area contributed by atoms with Crippen molar-refractivity contribution in [3.8, 4) is 0 Å². The van der Waals surface area contributed by atoms with Gasteiger partial charge in [-0.15, -0.1) is 0 Å². The van der Waals surface area contributed by atoms with Crippen LogP contribution in [-0.2, 0) is 0 Å². The minimum atomic E-state index is 0.482. The molecule has 1 aromatic rings. The molecule has 0 saturated carbocycles. The number of hydrogen-bond acceptors (Lipinski definition) is 2. The van der Waals surface area contributed by atoms with Crippen LogP contribution in [0.4, 0.5) is 0 Å². The molecule has 0 aliphatic rings. The van der Waals surface area contributed by atoms with Crippen molar-refractivity contribution in [2.45, 2.75) is 52.0 Å². The SMILES string of the molecule is CCCCCC(NCCC)c1ccoc1. The molecule has 0 aliphatic carbocycles. The fraction of sp³-hybridized carbons (Fsp3) is 0.692. The average molecular weight is 209 g/mol. The molecule has 15 heavy (non-hydrogen) atoms. The summed E-state index contributed by atoms with van der Waals surface area (Å²) < 4.78 is 5.14. The third kappa shape index (κ3) is 4.52. The van der Waals surface area contributed by atoms with Crippen LogP contribution in [0.2, 0.25) is 0 Å². The predicted octanol–water partition coefficient (Wildman–Crippen LogP) is 3.90. The number of hydrogen-bond donors (Lipinski definition) is 1. The summed E-state index contributed by atoms with van der Waals surface area (Å²) in [5, 5.41) is 3.57. The van der Waals surface area contributed by atoms with Crippen LogP contribution < -0.4 is 5.32 Å². The van der Waals surface area contributed by atoms with Crippen molar-refractivity contribution in [3.05, 3.63) is 24.2 Å². The first-order chi connectivity index (χ1) is 7.38. The molecule has 0 amide bonds. The van der Waals surface area contributed by atoms with E-state index in [0.29, 0.717) is 6.04 Å². The molecule has 0 bridgehead atoms. The van der Waals surface area contributed by atoms with Crippen LogP contribution in [0, 0.1) is 0 Å². The maximum absolute atomic E-state index is 5.14. The van der Waals surface area contributed by atoms with E-state index >= 15 is 0 Å². The summed E-state index contributed by atoms with van der Waals surface area (Å²) in [5.41, 5.74) is 1.29. The second-order valence-corrected chi connectivity index (χ2v) is 4.06. The summed E-state index contributed by atoms with van der Waals surface area (Å²) in [6.07, 6.45) is 9.92. The highest BCUT2D eigenvalue weighted by Crippen LogP contribution is 2.20. The molecule has 0 radical (unpaired) electrons. The zero-order chi connectivity index (χ0) is 10.9. The van der Waals surface area contributed by atoms with Gasteiger partial charge in [0, 0.05) is 11.6 Å². The highest BCUT2D eigenvalue weighted by molar-refractivity contribution is 5.11. The summed E-state index contributed by atoms with van der Waals surface area (Å²) in [4.78, 5) is 0. The Morgan fingerprint density at radius 1 is 1.27 bits per heavy atom. The highest BCUT2D eigenvalue weighted by atomic mass is 16.3. The average Bonchev–Trinajstić information content (AvgIpc) is 2.76. The fourth-order valence-corrected chi connectivity index (χ4v) is 1.78. The topological polar surface area (TPSA) is 25.2 Å². The zero-order valence-corrected chi connectivity index (χ0v) is 9.96. The monoisotopic (exact) mass is 209 g/mol. The number of unbranched alkanes of at least 4 members (excludes halogenated alkanes) is 2. The molecule has 1 rings (SSSR count). The highest BCUT2D eigenvalue weighted by Gasteiger charge is 2.10. The van der Waals surface area contributed by atoms with E-state index in [1.165, 1.54) is 37.7 Å². The van der Waals surface area contributed by atoms with Gasteiger partial charge in [-0.3, -0.25) is 0 Å². The molecule has 1 atom stereocenters. The lowest BCUT2D eigenvalue weighted by molar-refractivity contribution is 0.467. The summed E-state index contributed by atoms with van der Waals surface area (Å²) in [7, 11) is 0. The largest absolute Gasteiger partial charge is 0.472 e. The van der Waals surface area contributed by atoms with Crippen LogP contribution in [0.25, 0.3) is 0 Å². The molecule has 0 aromatic carbocycles. The van der Waals surface area contributed by atoms with Crippen LogP contribution in [0.5, 0.6) is 0 Å². The van der Waals surface area contributed by atoms with E-state index in [0.717, 1.165) is 6.54 Å². The van der Waals surface area contributed by atoms with Crippen LogP contribution in [0.15, 0.2) is 23.0 Å². The molecule has 86 valence electrons. The Morgan fingerprint density at radius 3 is 2.73 bits per heavy atom. The number of rotatable bonds is 8. The first-order valence-electron chi connectivity index (χ1n) is 6.14. The lowest BCUT2D eigenvalue weighted by atomic mass is 10.0. The molecule has 0 saturated heterocycles. The van der Waals surface area contributed by atoms with Crippen molar-refractivity contribution in [3.63, 3.8) is 0 Å². The molecule has 1 unspecified atom stereocenters. The normalized spacial score (nSPS) is 12.9. The van der Waals surface area contributed by atoms with Gasteiger partial charge in [0.1, 0.15) is 0 Å². The van der Waals surface area contributed by atoms with Gasteiger partial charge in [0.05, 0.1) is 12.5 Å². The second kappa shape index (κ2) is 7.52. The second-order valence-electron chi connectivity index (χ2n) is 4.06. The molecule has 0 fully saturated rings. The van der Waals surface area contributed by atoms with Gasteiger partial charge in [-0.2, -0.15) is 0 Å². The van der Waals surface area contributed by atoms with Gasteiger partial charge < -0.3 is 9.73 Å². The van der Waals surface area contributed by atoms with Gasteiger partial charge in [0.15, 0.2) is 0 Å². The molecular formula is C13H23NO. The van der Waals surface area contributed by atoms with E-state index in [1.54, 1.807) is 6.26 Å². The van der Waals surface area contributed by atoms with E-state index in [-0.39, 0.29) is 0 Å². The first-order valence-corrected chi connectivity index (χ1v) is 6.14. The Hall–Kier alpha value is -0.760. The van der Waals surface area contributed by atoms with Crippen molar-refractivity contribution >= 4 is 0 Å². The molecule has 1 N–H and O–H groups in total. The maximum atomic E-state index is 5.14. The van der Waals surface area contributed by atoms with Crippen molar-refractivity contribution in [2.24, 2.45) is 0 Å². The number of furan rings is 1. The Bertz CT molecular complexity index is 231. The van der Waals surface area contributed by atoms with Gasteiger partial charge >= 0.3 is 0 Å². The number of nitrogens with one attached hydrogen (secondary N) is 1. The van der Waals surface area contributed by atoms with Gasteiger partial charge in [-0.25, -0.2) is 0 Å². The van der Waals surface area contributed by atoms with E-state index in [2.05, 4.69) is 25.2 Å². The van der Waals surface area contributed by atoms with Gasteiger partial charge in [-0.1, -0.05) is 33.1 Å². The van der Waals surface area contributed by atoms with Crippen molar-refractivity contribution in [1.29, 1.82) is 0 Å². The Kier molecular flexibility index (Phi) is 6.17. The van der Waals surface area contributed by atoms with E-state index < -0.39 is 0 Å². The predicted molar refractivity (Wildman–Crippen MR) is 63.9 cm³/mol. The summed E-state index contributed by atoms with van der Waals surface area (Å²) in [6, 6.07) is 2.55. The molecule has 2 heteroatoms. The van der Waals surface area contributed by atoms with Gasteiger partial charge in [0.2, 0.25) is 0 Å². The van der Waals surface area contributed by atoms with Crippen LogP contribution in [0.3, 0.4) is 0 Å².